The highest BCUT2D eigenvalue weighted by molar-refractivity contribution is 7.17. The Balaban J connectivity index is 2.56. The molecule has 1 nitrogen and oxygen atoms in total. The van der Waals surface area contributed by atoms with Gasteiger partial charge in [-0.15, -0.1) is 11.3 Å². The number of hydrogen-bond acceptors (Lipinski definition) is 2. The molecule has 17 heavy (non-hydrogen) atoms. The second-order valence-corrected chi connectivity index (χ2v) is 5.58. The van der Waals surface area contributed by atoms with Gasteiger partial charge in [0.15, 0.2) is 5.78 Å². The molecule has 1 aromatic heterocycles. The van der Waals surface area contributed by atoms with E-state index in [0.717, 1.165) is 4.88 Å². The van der Waals surface area contributed by atoms with E-state index in [1.165, 1.54) is 27.1 Å². The number of aryl methyl sites for hydroxylation is 3. The van der Waals surface area contributed by atoms with Gasteiger partial charge in [0.05, 0.1) is 4.88 Å². The molecule has 1 heterocycles. The van der Waals surface area contributed by atoms with Crippen LogP contribution in [0.5, 0.6) is 0 Å². The fourth-order valence-electron chi connectivity index (χ4n) is 2.23. The summed E-state index contributed by atoms with van der Waals surface area (Å²) in [4.78, 5) is 13.3. The molecule has 0 aliphatic heterocycles. The van der Waals surface area contributed by atoms with E-state index < -0.39 is 0 Å². The minimum atomic E-state index is 0.142. The smallest absolute Gasteiger partial charge is 0.169 e. The van der Waals surface area contributed by atoms with Crippen molar-refractivity contribution in [1.82, 2.24) is 0 Å². The standard InChI is InChI=1S/C15H16OS/c1-9-7-10(2)15(11(3)8-9)14-6-5-13(17-14)12(4)16/h5-8H,1-4H3. The van der Waals surface area contributed by atoms with Gasteiger partial charge in [-0.25, -0.2) is 0 Å². The van der Waals surface area contributed by atoms with E-state index in [9.17, 15) is 4.79 Å². The number of rotatable bonds is 2. The highest BCUT2D eigenvalue weighted by atomic mass is 32.1. The second kappa shape index (κ2) is 4.46. The highest BCUT2D eigenvalue weighted by Crippen LogP contribution is 2.33. The van der Waals surface area contributed by atoms with Crippen LogP contribution in [-0.4, -0.2) is 5.78 Å². The molecule has 88 valence electrons. The number of carbonyl (C=O) groups is 1. The van der Waals surface area contributed by atoms with Crippen LogP contribution in [0.1, 0.15) is 33.3 Å². The van der Waals surface area contributed by atoms with Crippen molar-refractivity contribution in [3.63, 3.8) is 0 Å². The van der Waals surface area contributed by atoms with Gasteiger partial charge in [-0.3, -0.25) is 4.79 Å². The van der Waals surface area contributed by atoms with Crippen LogP contribution in [0.25, 0.3) is 10.4 Å². The van der Waals surface area contributed by atoms with Crippen LogP contribution in [0.2, 0.25) is 0 Å². The largest absolute Gasteiger partial charge is 0.294 e. The maximum absolute atomic E-state index is 11.3. The van der Waals surface area contributed by atoms with Gasteiger partial charge in [0, 0.05) is 4.88 Å². The number of thiophene rings is 1. The molecule has 0 saturated carbocycles. The van der Waals surface area contributed by atoms with Crippen LogP contribution in [0, 0.1) is 20.8 Å². The Hall–Kier alpha value is -1.41. The molecule has 2 rings (SSSR count). The van der Waals surface area contributed by atoms with Gasteiger partial charge in [0.1, 0.15) is 0 Å². The van der Waals surface area contributed by atoms with Crippen LogP contribution in [0.15, 0.2) is 24.3 Å². The quantitative estimate of drug-likeness (QED) is 0.709. The Labute approximate surface area is 106 Å². The first kappa shape index (κ1) is 12.1. The maximum Gasteiger partial charge on any atom is 0.169 e. The molecule has 0 saturated heterocycles. The third-order valence-electron chi connectivity index (χ3n) is 2.88. The predicted octanol–water partition coefficient (Wildman–Crippen LogP) is 4.54. The van der Waals surface area contributed by atoms with Gasteiger partial charge in [-0.1, -0.05) is 17.7 Å². The summed E-state index contributed by atoms with van der Waals surface area (Å²) in [5.41, 5.74) is 5.11. The average Bonchev–Trinajstić information content (AvgIpc) is 2.65. The van der Waals surface area contributed by atoms with Crippen molar-refractivity contribution in [2.24, 2.45) is 0 Å². The normalized spacial score (nSPS) is 10.6. The van der Waals surface area contributed by atoms with Gasteiger partial charge >= 0.3 is 0 Å². The van der Waals surface area contributed by atoms with E-state index >= 15 is 0 Å². The summed E-state index contributed by atoms with van der Waals surface area (Å²) >= 11 is 1.58. The molecule has 0 N–H and O–H groups in total. The van der Waals surface area contributed by atoms with Crippen LogP contribution >= 0.6 is 11.3 Å². The molecule has 0 bridgehead atoms. The van der Waals surface area contributed by atoms with Crippen molar-refractivity contribution in [2.45, 2.75) is 27.7 Å². The molecule has 0 aliphatic carbocycles. The fraction of sp³-hybridized carbons (Fsp3) is 0.267. The van der Waals surface area contributed by atoms with Crippen molar-refractivity contribution < 1.29 is 4.79 Å². The van der Waals surface area contributed by atoms with Crippen molar-refractivity contribution in [2.75, 3.05) is 0 Å². The van der Waals surface area contributed by atoms with Gasteiger partial charge in [-0.2, -0.15) is 0 Å². The summed E-state index contributed by atoms with van der Waals surface area (Å²) in [5.74, 6) is 0.142. The minimum absolute atomic E-state index is 0.142. The van der Waals surface area contributed by atoms with Crippen LogP contribution < -0.4 is 0 Å². The SMILES string of the molecule is CC(=O)c1ccc(-c2c(C)cc(C)cc2C)s1. The third kappa shape index (κ3) is 2.32. The van der Waals surface area contributed by atoms with E-state index in [-0.39, 0.29) is 5.78 Å². The Morgan fingerprint density at radius 2 is 1.65 bits per heavy atom. The van der Waals surface area contributed by atoms with Crippen LogP contribution in [0.4, 0.5) is 0 Å². The van der Waals surface area contributed by atoms with E-state index in [2.05, 4.69) is 32.9 Å². The first-order chi connectivity index (χ1) is 7.99. The van der Waals surface area contributed by atoms with Gasteiger partial charge in [-0.05, 0) is 56.5 Å². The summed E-state index contributed by atoms with van der Waals surface area (Å²) in [5, 5.41) is 0. The van der Waals surface area contributed by atoms with Gasteiger partial charge < -0.3 is 0 Å². The number of hydrogen-bond donors (Lipinski definition) is 0. The lowest BCUT2D eigenvalue weighted by Gasteiger charge is -2.09. The summed E-state index contributed by atoms with van der Waals surface area (Å²) < 4.78 is 0. The van der Waals surface area contributed by atoms with Crippen molar-refractivity contribution >= 4 is 17.1 Å². The summed E-state index contributed by atoms with van der Waals surface area (Å²) in [7, 11) is 0. The number of ketones is 1. The first-order valence-corrected chi connectivity index (χ1v) is 6.49. The van der Waals surface area contributed by atoms with E-state index in [0.29, 0.717) is 0 Å². The van der Waals surface area contributed by atoms with Gasteiger partial charge in [0.25, 0.3) is 0 Å². The lowest BCUT2D eigenvalue weighted by atomic mass is 9.99. The zero-order chi connectivity index (χ0) is 12.6. The molecule has 0 radical (unpaired) electrons. The molecular formula is C15H16OS. The Bertz CT molecular complexity index is 555. The van der Waals surface area contributed by atoms with E-state index in [1.807, 2.05) is 12.1 Å². The molecule has 0 spiro atoms. The highest BCUT2D eigenvalue weighted by Gasteiger charge is 2.10. The summed E-state index contributed by atoms with van der Waals surface area (Å²) in [6, 6.07) is 8.35. The van der Waals surface area contributed by atoms with Crippen molar-refractivity contribution in [1.29, 1.82) is 0 Å². The molecule has 2 heteroatoms. The molecule has 0 fully saturated rings. The first-order valence-electron chi connectivity index (χ1n) is 5.68. The van der Waals surface area contributed by atoms with E-state index in [4.69, 9.17) is 0 Å². The summed E-state index contributed by atoms with van der Waals surface area (Å²) in [6.45, 7) is 7.98. The third-order valence-corrected chi connectivity index (χ3v) is 4.08. The molecule has 1 aromatic carbocycles. The topological polar surface area (TPSA) is 17.1 Å². The molecule has 0 amide bonds. The minimum Gasteiger partial charge on any atom is -0.294 e. The zero-order valence-electron chi connectivity index (χ0n) is 10.6. The van der Waals surface area contributed by atoms with Crippen molar-refractivity contribution in [3.8, 4) is 10.4 Å². The number of carbonyl (C=O) groups excluding carboxylic acids is 1. The Morgan fingerprint density at radius 1 is 1.06 bits per heavy atom. The number of Topliss-reactive ketones (excluding diaryl/α,β-unsaturated/α-hetero) is 1. The second-order valence-electron chi connectivity index (χ2n) is 4.49. The lowest BCUT2D eigenvalue weighted by Crippen LogP contribution is -1.88. The molecule has 0 aliphatic rings. The molecule has 2 aromatic rings. The fourth-order valence-corrected chi connectivity index (χ4v) is 3.31. The summed E-state index contributed by atoms with van der Waals surface area (Å²) in [6.07, 6.45) is 0. The lowest BCUT2D eigenvalue weighted by molar-refractivity contribution is 0.102. The predicted molar refractivity (Wildman–Crippen MR) is 74.0 cm³/mol. The van der Waals surface area contributed by atoms with Crippen LogP contribution in [0.3, 0.4) is 0 Å². The number of benzene rings is 1. The van der Waals surface area contributed by atoms with Crippen molar-refractivity contribution in [3.05, 3.63) is 45.8 Å². The average molecular weight is 244 g/mol. The molecule has 0 atom stereocenters. The van der Waals surface area contributed by atoms with Crippen LogP contribution in [-0.2, 0) is 0 Å². The molecular weight excluding hydrogens is 228 g/mol. The Kier molecular flexibility index (Phi) is 3.16. The van der Waals surface area contributed by atoms with Gasteiger partial charge in [0.2, 0.25) is 0 Å². The zero-order valence-corrected chi connectivity index (χ0v) is 11.4. The Morgan fingerprint density at radius 3 is 2.12 bits per heavy atom. The monoisotopic (exact) mass is 244 g/mol. The molecule has 0 unspecified atom stereocenters. The maximum atomic E-state index is 11.3. The van der Waals surface area contributed by atoms with E-state index in [1.54, 1.807) is 18.3 Å².